The van der Waals surface area contributed by atoms with Crippen LogP contribution >= 0.6 is 34.0 Å². The highest BCUT2D eigenvalue weighted by molar-refractivity contribution is 7.27. The molecule has 1 aliphatic rings. The van der Waals surface area contributed by atoms with E-state index in [9.17, 15) is 15.2 Å². The summed E-state index contributed by atoms with van der Waals surface area (Å²) in [5.74, 6) is 18.2. The maximum Gasteiger partial charge on any atom is 0.346 e. The van der Waals surface area contributed by atoms with Crippen LogP contribution in [0.25, 0.3) is 52.4 Å². The maximum atomic E-state index is 11.6. The Hall–Kier alpha value is -5.72. The summed E-state index contributed by atoms with van der Waals surface area (Å²) in [7, 11) is 0. The van der Waals surface area contributed by atoms with Crippen molar-refractivity contribution in [3.63, 3.8) is 0 Å². The molecule has 2 aromatic carbocycles. The first-order valence-corrected chi connectivity index (χ1v) is 19.8. The number of nitrogens with zero attached hydrogens (tertiary/aromatic N) is 2. The van der Waals surface area contributed by atoms with Crippen molar-refractivity contribution in [3.8, 4) is 78.4 Å². The zero-order valence-electron chi connectivity index (χ0n) is 31.3. The van der Waals surface area contributed by atoms with Crippen molar-refractivity contribution in [1.29, 1.82) is 5.26 Å². The van der Waals surface area contributed by atoms with E-state index in [2.05, 4.69) is 150 Å². The molecule has 0 amide bonds. The Bertz CT molecular complexity index is 2820. The van der Waals surface area contributed by atoms with Crippen LogP contribution in [0.1, 0.15) is 88.1 Å². The summed E-state index contributed by atoms with van der Waals surface area (Å²) in [6.07, 6.45) is 6.73. The van der Waals surface area contributed by atoms with E-state index in [1.54, 1.807) is 28.7 Å². The van der Waals surface area contributed by atoms with E-state index >= 15 is 0 Å². The molecule has 0 radical (unpaired) electrons. The molecule has 4 nitrogen and oxygen atoms in total. The Morgan fingerprint density at radius 2 is 1.33 bits per heavy atom. The third-order valence-corrected chi connectivity index (χ3v) is 13.5. The molecule has 0 atom stereocenters. The smallest absolute Gasteiger partial charge is 0.346 e. The van der Waals surface area contributed by atoms with Gasteiger partial charge in [0.25, 0.3) is 0 Å². The van der Waals surface area contributed by atoms with Gasteiger partial charge in [0, 0.05) is 40.6 Å². The van der Waals surface area contributed by atoms with Crippen molar-refractivity contribution in [2.45, 2.75) is 71.6 Å². The number of carboxylic acids is 1. The second-order valence-electron chi connectivity index (χ2n) is 15.9. The van der Waals surface area contributed by atoms with Crippen LogP contribution in [0, 0.1) is 59.2 Å². The number of terminal acetylenes is 1. The van der Waals surface area contributed by atoms with E-state index in [-0.39, 0.29) is 21.8 Å². The molecular weight excluding hydrogens is 721 g/mol. The van der Waals surface area contributed by atoms with Crippen LogP contribution in [-0.2, 0) is 21.0 Å². The molecule has 1 aliphatic carbocycles. The van der Waals surface area contributed by atoms with Gasteiger partial charge < -0.3 is 5.11 Å². The molecule has 6 aromatic rings. The standard InChI is InChI=1S/C47H36N2O2S3/c1-10-11-12-13-14-15-16-28-22-39(40-26-36-42(53-40)41-35(47(36,8)9)25-32(52-41)21-29(27-48)44(50)51)54-43(28)49-37-19-17-30(45(2,3)4)23-33(37)34-24-31(46(5,6)7)18-20-38(34)49/h1,17-26H,2-9H3,(H,50,51)/b29-21+. The molecule has 7 rings (SSSR count). The van der Waals surface area contributed by atoms with Gasteiger partial charge in [0.2, 0.25) is 0 Å². The van der Waals surface area contributed by atoms with Crippen LogP contribution in [0.3, 0.4) is 0 Å². The molecule has 0 unspecified atom stereocenters. The largest absolute Gasteiger partial charge is 0.477 e. The SMILES string of the molecule is C#CC#CC#CC#Cc1cc(-c2cc3c(s2)-c2sc(/C=C(\C#N)C(=O)O)cc2C3(C)C)sc1-n1c2ccc(C(C)(C)C)cc2c2cc(C(C)(C)C)ccc21. The van der Waals surface area contributed by atoms with Crippen LogP contribution in [0.15, 0.2) is 60.2 Å². The number of carboxylic acid groups (broad SMARTS) is 1. The topological polar surface area (TPSA) is 66.0 Å². The van der Waals surface area contributed by atoms with Gasteiger partial charge in [-0.05, 0) is 123 Å². The zero-order valence-corrected chi connectivity index (χ0v) is 33.8. The van der Waals surface area contributed by atoms with Crippen molar-refractivity contribution in [2.24, 2.45) is 0 Å². The minimum Gasteiger partial charge on any atom is -0.477 e. The van der Waals surface area contributed by atoms with Crippen LogP contribution in [0.5, 0.6) is 0 Å². The number of nitriles is 1. The molecule has 0 aliphatic heterocycles. The van der Waals surface area contributed by atoms with E-state index in [0.717, 1.165) is 46.7 Å². The summed E-state index contributed by atoms with van der Waals surface area (Å²) < 4.78 is 2.35. The van der Waals surface area contributed by atoms with Gasteiger partial charge in [-0.2, -0.15) is 5.26 Å². The Labute approximate surface area is 328 Å². The average molecular weight is 757 g/mol. The molecule has 4 heterocycles. The first kappa shape index (κ1) is 36.6. The van der Waals surface area contributed by atoms with Crippen LogP contribution in [-0.4, -0.2) is 15.6 Å². The lowest BCUT2D eigenvalue weighted by molar-refractivity contribution is -0.132. The predicted molar refractivity (Wildman–Crippen MR) is 227 cm³/mol. The van der Waals surface area contributed by atoms with Crippen LogP contribution < -0.4 is 0 Å². The van der Waals surface area contributed by atoms with E-state index in [4.69, 9.17) is 6.42 Å². The lowest BCUT2D eigenvalue weighted by atomic mass is 9.84. The predicted octanol–water partition coefficient (Wildman–Crippen LogP) is 11.5. The fraction of sp³-hybridized carbons (Fsp3) is 0.234. The number of thiophene rings is 3. The Morgan fingerprint density at radius 3 is 1.91 bits per heavy atom. The Kier molecular flexibility index (Phi) is 9.02. The fourth-order valence-electron chi connectivity index (χ4n) is 6.85. The van der Waals surface area contributed by atoms with E-state index < -0.39 is 5.97 Å². The quantitative estimate of drug-likeness (QED) is 0.111. The van der Waals surface area contributed by atoms with Crippen molar-refractivity contribution >= 4 is 67.9 Å². The monoisotopic (exact) mass is 756 g/mol. The second-order valence-corrected chi connectivity index (χ2v) is 19.0. The van der Waals surface area contributed by atoms with E-state index in [1.165, 1.54) is 49.8 Å². The summed E-state index contributed by atoms with van der Waals surface area (Å²) in [4.78, 5) is 16.8. The zero-order chi connectivity index (χ0) is 38.7. The lowest BCUT2D eigenvalue weighted by Crippen LogP contribution is -2.13. The molecule has 264 valence electrons. The first-order valence-electron chi connectivity index (χ1n) is 17.4. The lowest BCUT2D eigenvalue weighted by Gasteiger charge is -2.19. The fourth-order valence-corrected chi connectivity index (χ4v) is 10.8. The number of hydrogen-bond acceptors (Lipinski definition) is 5. The van der Waals surface area contributed by atoms with Gasteiger partial charge >= 0.3 is 5.97 Å². The van der Waals surface area contributed by atoms with Crippen molar-refractivity contribution < 1.29 is 9.90 Å². The molecule has 0 spiro atoms. The molecule has 4 aromatic heterocycles. The molecule has 7 heteroatoms. The van der Waals surface area contributed by atoms with E-state index in [0.29, 0.717) is 0 Å². The van der Waals surface area contributed by atoms with Crippen LogP contribution in [0.2, 0.25) is 0 Å². The molecule has 0 saturated carbocycles. The minimum atomic E-state index is -1.23. The molecule has 1 N–H and O–H groups in total. The van der Waals surface area contributed by atoms with Crippen molar-refractivity contribution in [2.75, 3.05) is 0 Å². The molecular formula is C47H36N2O2S3. The number of aromatic nitrogens is 1. The average Bonchev–Trinajstić information content (AvgIpc) is 3.92. The molecule has 0 saturated heterocycles. The third-order valence-electron chi connectivity index (χ3n) is 9.85. The van der Waals surface area contributed by atoms with Gasteiger partial charge in [-0.25, -0.2) is 4.79 Å². The van der Waals surface area contributed by atoms with Crippen molar-refractivity contribution in [3.05, 3.63) is 92.9 Å². The number of aliphatic carboxylic acids is 1. The summed E-state index contributed by atoms with van der Waals surface area (Å²) in [5.41, 5.74) is 7.43. The molecule has 0 fully saturated rings. The summed E-state index contributed by atoms with van der Waals surface area (Å²) in [6.45, 7) is 17.9. The van der Waals surface area contributed by atoms with Gasteiger partial charge in [0.1, 0.15) is 16.6 Å². The molecule has 0 bridgehead atoms. The Morgan fingerprint density at radius 1 is 0.778 bits per heavy atom. The van der Waals surface area contributed by atoms with Crippen molar-refractivity contribution in [1.82, 2.24) is 4.57 Å². The summed E-state index contributed by atoms with van der Waals surface area (Å²) in [6, 6.07) is 21.9. The minimum absolute atomic E-state index is 0.0148. The second kappa shape index (κ2) is 13.3. The Balaban J connectivity index is 1.44. The maximum absolute atomic E-state index is 11.6. The molecule has 54 heavy (non-hydrogen) atoms. The summed E-state index contributed by atoms with van der Waals surface area (Å²) >= 11 is 4.97. The van der Waals surface area contributed by atoms with Gasteiger partial charge in [0.05, 0.1) is 16.6 Å². The number of carbonyl (C=O) groups is 1. The van der Waals surface area contributed by atoms with Gasteiger partial charge in [-0.3, -0.25) is 4.57 Å². The van der Waals surface area contributed by atoms with Crippen LogP contribution in [0.4, 0.5) is 0 Å². The summed E-state index contributed by atoms with van der Waals surface area (Å²) in [5, 5.41) is 22.2. The number of fused-ring (bicyclic) bond motifs is 6. The number of rotatable bonds is 4. The number of benzene rings is 2. The third kappa shape index (κ3) is 6.35. The van der Waals surface area contributed by atoms with Gasteiger partial charge in [-0.1, -0.05) is 67.5 Å². The highest BCUT2D eigenvalue weighted by atomic mass is 32.1. The first-order chi connectivity index (χ1) is 25.5. The number of hydrogen-bond donors (Lipinski definition) is 1. The normalized spacial score (nSPS) is 13.1. The van der Waals surface area contributed by atoms with Gasteiger partial charge in [-0.15, -0.1) is 40.4 Å². The van der Waals surface area contributed by atoms with Gasteiger partial charge in [0.15, 0.2) is 0 Å². The highest BCUT2D eigenvalue weighted by Gasteiger charge is 2.39. The van der Waals surface area contributed by atoms with E-state index in [1.807, 2.05) is 6.07 Å². The highest BCUT2D eigenvalue weighted by Crippen LogP contribution is 2.58.